The van der Waals surface area contributed by atoms with Gasteiger partial charge in [0.15, 0.2) is 0 Å². The Kier molecular flexibility index (Phi) is 3.53. The van der Waals surface area contributed by atoms with Crippen LogP contribution >= 0.6 is 0 Å². The van der Waals surface area contributed by atoms with E-state index in [1.54, 1.807) is 12.3 Å². The molecule has 88 valence electrons. The number of aromatic nitrogens is 2. The van der Waals surface area contributed by atoms with E-state index in [9.17, 15) is 4.79 Å². The van der Waals surface area contributed by atoms with Crippen molar-refractivity contribution in [1.29, 1.82) is 0 Å². The molecule has 1 amide bonds. The van der Waals surface area contributed by atoms with Crippen molar-refractivity contribution >= 4 is 11.7 Å². The number of anilines is 1. The lowest BCUT2D eigenvalue weighted by molar-refractivity contribution is -0.120. The molecular formula is C10H16N4O2. The standard InChI is InChI=1S/C10H16N4O2/c1-2-11-8-6-16-5-7(8)10(15)13-9-3-4-12-14-9/h3-4,7-8,11H,2,5-6H2,1H3,(H2,12,13,14,15). The second-order valence-electron chi connectivity index (χ2n) is 3.77. The van der Waals surface area contributed by atoms with Crippen LogP contribution in [0.15, 0.2) is 12.3 Å². The molecule has 2 unspecified atom stereocenters. The predicted molar refractivity (Wildman–Crippen MR) is 59.0 cm³/mol. The van der Waals surface area contributed by atoms with Crippen LogP contribution in [0.3, 0.4) is 0 Å². The number of H-pyrrole nitrogens is 1. The van der Waals surface area contributed by atoms with E-state index in [2.05, 4.69) is 20.8 Å². The molecule has 16 heavy (non-hydrogen) atoms. The van der Waals surface area contributed by atoms with E-state index in [1.165, 1.54) is 0 Å². The lowest BCUT2D eigenvalue weighted by Gasteiger charge is -2.17. The van der Waals surface area contributed by atoms with Gasteiger partial charge in [-0.1, -0.05) is 6.92 Å². The third-order valence-electron chi connectivity index (χ3n) is 2.64. The lowest BCUT2D eigenvalue weighted by atomic mass is 10.0. The molecule has 0 saturated carbocycles. The van der Waals surface area contributed by atoms with Gasteiger partial charge in [0.1, 0.15) is 5.82 Å². The first-order valence-electron chi connectivity index (χ1n) is 5.42. The van der Waals surface area contributed by atoms with Gasteiger partial charge in [-0.05, 0) is 6.54 Å². The highest BCUT2D eigenvalue weighted by Crippen LogP contribution is 2.15. The molecule has 3 N–H and O–H groups in total. The quantitative estimate of drug-likeness (QED) is 0.671. The highest BCUT2D eigenvalue weighted by atomic mass is 16.5. The molecule has 1 fully saturated rings. The Morgan fingerprint density at radius 3 is 3.25 bits per heavy atom. The Balaban J connectivity index is 1.93. The zero-order chi connectivity index (χ0) is 11.4. The Morgan fingerprint density at radius 1 is 1.69 bits per heavy atom. The number of carbonyl (C=O) groups is 1. The van der Waals surface area contributed by atoms with E-state index in [-0.39, 0.29) is 17.9 Å². The Labute approximate surface area is 93.8 Å². The van der Waals surface area contributed by atoms with Crippen molar-refractivity contribution in [2.75, 3.05) is 25.1 Å². The lowest BCUT2D eigenvalue weighted by Crippen LogP contribution is -2.41. The number of ether oxygens (including phenoxy) is 1. The van der Waals surface area contributed by atoms with E-state index < -0.39 is 0 Å². The largest absolute Gasteiger partial charge is 0.379 e. The van der Waals surface area contributed by atoms with E-state index >= 15 is 0 Å². The average Bonchev–Trinajstić information content (AvgIpc) is 2.89. The smallest absolute Gasteiger partial charge is 0.232 e. The van der Waals surface area contributed by atoms with Gasteiger partial charge in [-0.2, -0.15) is 5.10 Å². The zero-order valence-corrected chi connectivity index (χ0v) is 9.19. The van der Waals surface area contributed by atoms with Gasteiger partial charge in [0.2, 0.25) is 5.91 Å². The number of aromatic amines is 1. The second-order valence-corrected chi connectivity index (χ2v) is 3.77. The molecule has 1 aromatic heterocycles. The molecule has 1 aliphatic heterocycles. The van der Waals surface area contributed by atoms with Gasteiger partial charge >= 0.3 is 0 Å². The third kappa shape index (κ3) is 2.40. The monoisotopic (exact) mass is 224 g/mol. The maximum absolute atomic E-state index is 11.9. The molecule has 1 aromatic rings. The first kappa shape index (κ1) is 11.1. The fourth-order valence-electron chi connectivity index (χ4n) is 1.83. The first-order chi connectivity index (χ1) is 7.81. The SMILES string of the molecule is CCNC1COCC1C(=O)Nc1ccn[nH]1. The number of hydrogen-bond acceptors (Lipinski definition) is 4. The van der Waals surface area contributed by atoms with Crippen molar-refractivity contribution in [1.82, 2.24) is 15.5 Å². The minimum atomic E-state index is -0.136. The van der Waals surface area contributed by atoms with Crippen molar-refractivity contribution in [3.8, 4) is 0 Å². The van der Waals surface area contributed by atoms with Crippen molar-refractivity contribution < 1.29 is 9.53 Å². The molecule has 2 heterocycles. The van der Waals surface area contributed by atoms with Crippen LogP contribution < -0.4 is 10.6 Å². The van der Waals surface area contributed by atoms with Crippen LogP contribution in [0.25, 0.3) is 0 Å². The number of carbonyl (C=O) groups excluding carboxylic acids is 1. The molecule has 1 saturated heterocycles. The summed E-state index contributed by atoms with van der Waals surface area (Å²) in [5, 5.41) is 12.5. The molecule has 0 bridgehead atoms. The maximum Gasteiger partial charge on any atom is 0.232 e. The number of likely N-dealkylation sites (N-methyl/N-ethyl adjacent to an activating group) is 1. The number of hydrogen-bond donors (Lipinski definition) is 3. The van der Waals surface area contributed by atoms with Crippen LogP contribution in [0.1, 0.15) is 6.92 Å². The molecular weight excluding hydrogens is 208 g/mol. The summed E-state index contributed by atoms with van der Waals surface area (Å²) in [7, 11) is 0. The highest BCUT2D eigenvalue weighted by molar-refractivity contribution is 5.92. The van der Waals surface area contributed by atoms with Gasteiger partial charge in [-0.3, -0.25) is 9.89 Å². The Bertz CT molecular complexity index is 339. The molecule has 0 aromatic carbocycles. The summed E-state index contributed by atoms with van der Waals surface area (Å²) in [6.45, 7) is 3.91. The van der Waals surface area contributed by atoms with Gasteiger partial charge in [0.25, 0.3) is 0 Å². The molecule has 2 rings (SSSR count). The van der Waals surface area contributed by atoms with E-state index in [1.807, 2.05) is 6.92 Å². The molecule has 6 heteroatoms. The first-order valence-corrected chi connectivity index (χ1v) is 5.42. The third-order valence-corrected chi connectivity index (χ3v) is 2.64. The van der Waals surface area contributed by atoms with Crippen LogP contribution in [0.4, 0.5) is 5.82 Å². The summed E-state index contributed by atoms with van der Waals surface area (Å²) in [4.78, 5) is 11.9. The van der Waals surface area contributed by atoms with Gasteiger partial charge < -0.3 is 15.4 Å². The molecule has 1 aliphatic rings. The average molecular weight is 224 g/mol. The summed E-state index contributed by atoms with van der Waals surface area (Å²) >= 11 is 0. The van der Waals surface area contributed by atoms with Crippen molar-refractivity contribution in [3.63, 3.8) is 0 Å². The summed E-state index contributed by atoms with van der Waals surface area (Å²) < 4.78 is 5.31. The van der Waals surface area contributed by atoms with E-state index in [0.29, 0.717) is 19.0 Å². The fraction of sp³-hybridized carbons (Fsp3) is 0.600. The Hall–Kier alpha value is -1.40. The normalized spacial score (nSPS) is 24.6. The Morgan fingerprint density at radius 2 is 2.56 bits per heavy atom. The number of amides is 1. The summed E-state index contributed by atoms with van der Waals surface area (Å²) in [5.41, 5.74) is 0. The molecule has 2 atom stereocenters. The van der Waals surface area contributed by atoms with Crippen molar-refractivity contribution in [2.45, 2.75) is 13.0 Å². The van der Waals surface area contributed by atoms with Crippen LogP contribution in [0.2, 0.25) is 0 Å². The zero-order valence-electron chi connectivity index (χ0n) is 9.19. The molecule has 6 nitrogen and oxygen atoms in total. The number of nitrogens with one attached hydrogen (secondary N) is 3. The van der Waals surface area contributed by atoms with Crippen LogP contribution in [-0.4, -0.2) is 41.9 Å². The van der Waals surface area contributed by atoms with Crippen LogP contribution in [0, 0.1) is 5.92 Å². The number of rotatable bonds is 4. The van der Waals surface area contributed by atoms with Crippen molar-refractivity contribution in [2.24, 2.45) is 5.92 Å². The summed E-state index contributed by atoms with van der Waals surface area (Å²) in [6, 6.07) is 1.82. The molecule has 0 aliphatic carbocycles. The van der Waals surface area contributed by atoms with Gasteiger partial charge in [0, 0.05) is 12.1 Å². The van der Waals surface area contributed by atoms with Crippen LogP contribution in [0.5, 0.6) is 0 Å². The van der Waals surface area contributed by atoms with Gasteiger partial charge in [0.05, 0.1) is 25.3 Å². The van der Waals surface area contributed by atoms with E-state index in [0.717, 1.165) is 6.54 Å². The minimum Gasteiger partial charge on any atom is -0.379 e. The number of nitrogens with zero attached hydrogens (tertiary/aromatic N) is 1. The fourth-order valence-corrected chi connectivity index (χ4v) is 1.83. The molecule has 0 spiro atoms. The topological polar surface area (TPSA) is 79.0 Å². The second kappa shape index (κ2) is 5.09. The highest BCUT2D eigenvalue weighted by Gasteiger charge is 2.33. The van der Waals surface area contributed by atoms with Crippen LogP contribution in [-0.2, 0) is 9.53 Å². The van der Waals surface area contributed by atoms with Gasteiger partial charge in [-0.15, -0.1) is 0 Å². The van der Waals surface area contributed by atoms with Crippen molar-refractivity contribution in [3.05, 3.63) is 12.3 Å². The summed E-state index contributed by atoms with van der Waals surface area (Å²) in [6.07, 6.45) is 1.60. The van der Waals surface area contributed by atoms with Gasteiger partial charge in [-0.25, -0.2) is 0 Å². The minimum absolute atomic E-state index is 0.0345. The predicted octanol–water partition coefficient (Wildman–Crippen LogP) is -0.0273. The van der Waals surface area contributed by atoms with E-state index in [4.69, 9.17) is 4.74 Å². The maximum atomic E-state index is 11.9. The molecule has 0 radical (unpaired) electrons. The summed E-state index contributed by atoms with van der Waals surface area (Å²) in [5.74, 6) is 0.447.